The van der Waals surface area contributed by atoms with Crippen molar-refractivity contribution in [2.45, 2.75) is 32.6 Å². The number of amides is 2. The molecule has 2 amide bonds. The van der Waals surface area contributed by atoms with Crippen LogP contribution in [0.3, 0.4) is 0 Å². The molecular formula is C22H33N3O5S. The fraction of sp³-hybridized carbons (Fsp3) is 0.636. The van der Waals surface area contributed by atoms with Gasteiger partial charge in [-0.1, -0.05) is 30.3 Å². The lowest BCUT2D eigenvalue weighted by Gasteiger charge is -2.38. The van der Waals surface area contributed by atoms with E-state index < -0.39 is 10.0 Å². The summed E-state index contributed by atoms with van der Waals surface area (Å²) in [6.45, 7) is 4.63. The Morgan fingerprint density at radius 1 is 1.03 bits per heavy atom. The fourth-order valence-corrected chi connectivity index (χ4v) is 5.79. The summed E-state index contributed by atoms with van der Waals surface area (Å²) in [5.41, 5.74) is 1.13. The van der Waals surface area contributed by atoms with Gasteiger partial charge in [-0.25, -0.2) is 17.5 Å². The predicted molar refractivity (Wildman–Crippen MR) is 118 cm³/mol. The van der Waals surface area contributed by atoms with Crippen LogP contribution in [0.1, 0.15) is 31.7 Å². The van der Waals surface area contributed by atoms with Crippen molar-refractivity contribution in [3.63, 3.8) is 0 Å². The number of hydrogen-bond donors (Lipinski definition) is 0. The molecule has 0 radical (unpaired) electrons. The lowest BCUT2D eigenvalue weighted by atomic mass is 9.98. The van der Waals surface area contributed by atoms with Crippen LogP contribution in [0, 0.1) is 5.92 Å². The number of sulfonamides is 1. The molecule has 2 aliphatic rings. The van der Waals surface area contributed by atoms with Crippen LogP contribution in [-0.4, -0.2) is 86.2 Å². The van der Waals surface area contributed by atoms with Gasteiger partial charge in [-0.3, -0.25) is 4.79 Å². The van der Waals surface area contributed by atoms with E-state index in [-0.39, 0.29) is 30.2 Å². The van der Waals surface area contributed by atoms with E-state index in [9.17, 15) is 18.0 Å². The summed E-state index contributed by atoms with van der Waals surface area (Å²) in [5.74, 6) is -0.222. The van der Waals surface area contributed by atoms with E-state index in [1.54, 1.807) is 16.7 Å². The Kier molecular flexibility index (Phi) is 8.31. The Bertz CT molecular complexity index is 838. The standard InChI is InChI=1S/C22H33N3O5S/c1-2-30-22(27)24-15-13-23(14-16-24)21(26)20-11-6-12-25(18-20)31(28,29)17-7-10-19-8-4-3-5-9-19/h3-5,8-9,20H,2,6-7,10-18H2,1H3/t20-/m1/s1. The third-order valence-corrected chi connectivity index (χ3v) is 7.88. The molecule has 2 aliphatic heterocycles. The number of ether oxygens (including phenoxy) is 1. The number of carbonyl (C=O) groups excluding carboxylic acids is 2. The van der Waals surface area contributed by atoms with Crippen molar-refractivity contribution in [3.05, 3.63) is 35.9 Å². The normalized spacial score (nSPS) is 20.5. The monoisotopic (exact) mass is 451 g/mol. The molecule has 0 N–H and O–H groups in total. The van der Waals surface area contributed by atoms with E-state index in [1.807, 2.05) is 30.3 Å². The minimum Gasteiger partial charge on any atom is -0.450 e. The van der Waals surface area contributed by atoms with E-state index >= 15 is 0 Å². The first-order valence-electron chi connectivity index (χ1n) is 11.1. The highest BCUT2D eigenvalue weighted by molar-refractivity contribution is 7.89. The number of rotatable bonds is 7. The topological polar surface area (TPSA) is 87.2 Å². The average Bonchev–Trinajstić information content (AvgIpc) is 2.79. The molecule has 0 aromatic heterocycles. The van der Waals surface area contributed by atoms with Crippen LogP contribution in [0.2, 0.25) is 0 Å². The van der Waals surface area contributed by atoms with Gasteiger partial charge in [-0.15, -0.1) is 0 Å². The van der Waals surface area contributed by atoms with Crippen LogP contribution in [-0.2, 0) is 26.0 Å². The highest BCUT2D eigenvalue weighted by Gasteiger charge is 2.35. The highest BCUT2D eigenvalue weighted by Crippen LogP contribution is 2.23. The van der Waals surface area contributed by atoms with E-state index in [4.69, 9.17) is 4.74 Å². The second-order valence-electron chi connectivity index (χ2n) is 8.11. The molecule has 0 aliphatic carbocycles. The van der Waals surface area contributed by atoms with Gasteiger partial charge in [0, 0.05) is 39.3 Å². The first kappa shape index (κ1) is 23.5. The molecule has 3 rings (SSSR count). The van der Waals surface area contributed by atoms with Gasteiger partial charge in [0.1, 0.15) is 0 Å². The molecule has 2 heterocycles. The Hall–Kier alpha value is -2.13. The van der Waals surface area contributed by atoms with E-state index in [0.29, 0.717) is 58.6 Å². The summed E-state index contributed by atoms with van der Waals surface area (Å²) in [6.07, 6.45) is 2.34. The summed E-state index contributed by atoms with van der Waals surface area (Å²) in [5, 5.41) is 0. The van der Waals surface area contributed by atoms with Gasteiger partial charge in [-0.05, 0) is 38.2 Å². The zero-order valence-corrected chi connectivity index (χ0v) is 19.1. The first-order valence-corrected chi connectivity index (χ1v) is 12.7. The lowest BCUT2D eigenvalue weighted by Crippen LogP contribution is -2.54. The van der Waals surface area contributed by atoms with Crippen LogP contribution in [0.15, 0.2) is 30.3 Å². The number of benzene rings is 1. The maximum Gasteiger partial charge on any atom is 0.409 e. The molecule has 0 saturated carbocycles. The van der Waals surface area contributed by atoms with Crippen LogP contribution < -0.4 is 0 Å². The second kappa shape index (κ2) is 10.9. The molecule has 2 fully saturated rings. The molecule has 1 aromatic rings. The van der Waals surface area contributed by atoms with E-state index in [1.165, 1.54) is 4.31 Å². The van der Waals surface area contributed by atoms with E-state index in [0.717, 1.165) is 12.0 Å². The molecule has 1 atom stereocenters. The quantitative estimate of drug-likeness (QED) is 0.633. The Balaban J connectivity index is 1.49. The Morgan fingerprint density at radius 2 is 1.71 bits per heavy atom. The molecular weight excluding hydrogens is 418 g/mol. The van der Waals surface area contributed by atoms with Crippen molar-refractivity contribution in [1.29, 1.82) is 0 Å². The second-order valence-corrected chi connectivity index (χ2v) is 10.2. The summed E-state index contributed by atoms with van der Waals surface area (Å²) in [6, 6.07) is 9.87. The van der Waals surface area contributed by atoms with Gasteiger partial charge in [0.25, 0.3) is 0 Å². The predicted octanol–water partition coefficient (Wildman–Crippen LogP) is 1.96. The number of piperidine rings is 1. The van der Waals surface area contributed by atoms with Gasteiger partial charge in [0.2, 0.25) is 15.9 Å². The zero-order chi connectivity index (χ0) is 22.3. The van der Waals surface area contributed by atoms with Gasteiger partial charge < -0.3 is 14.5 Å². The number of aryl methyl sites for hydroxylation is 1. The number of hydrogen-bond acceptors (Lipinski definition) is 5. The van der Waals surface area contributed by atoms with Crippen molar-refractivity contribution >= 4 is 22.0 Å². The van der Waals surface area contributed by atoms with Crippen LogP contribution in [0.25, 0.3) is 0 Å². The minimum absolute atomic E-state index is 0.00676. The first-order chi connectivity index (χ1) is 14.9. The molecule has 1 aromatic carbocycles. The maximum atomic E-state index is 13.0. The third-order valence-electron chi connectivity index (χ3n) is 5.95. The van der Waals surface area contributed by atoms with Crippen molar-refractivity contribution in [1.82, 2.24) is 14.1 Å². The zero-order valence-electron chi connectivity index (χ0n) is 18.2. The third kappa shape index (κ3) is 6.43. The van der Waals surface area contributed by atoms with Gasteiger partial charge in [-0.2, -0.15) is 0 Å². The van der Waals surface area contributed by atoms with Crippen molar-refractivity contribution < 1.29 is 22.7 Å². The van der Waals surface area contributed by atoms with Crippen LogP contribution in [0.4, 0.5) is 4.79 Å². The van der Waals surface area contributed by atoms with Gasteiger partial charge in [0.15, 0.2) is 0 Å². The molecule has 0 unspecified atom stereocenters. The number of nitrogens with zero attached hydrogens (tertiary/aromatic N) is 3. The lowest BCUT2D eigenvalue weighted by molar-refractivity contribution is -0.138. The van der Waals surface area contributed by atoms with Crippen molar-refractivity contribution in [3.8, 4) is 0 Å². The van der Waals surface area contributed by atoms with Crippen LogP contribution in [0.5, 0.6) is 0 Å². The Morgan fingerprint density at radius 3 is 2.39 bits per heavy atom. The summed E-state index contributed by atoms with van der Waals surface area (Å²) in [7, 11) is -3.38. The minimum atomic E-state index is -3.38. The largest absolute Gasteiger partial charge is 0.450 e. The average molecular weight is 452 g/mol. The van der Waals surface area contributed by atoms with Gasteiger partial charge >= 0.3 is 6.09 Å². The highest BCUT2D eigenvalue weighted by atomic mass is 32.2. The molecule has 31 heavy (non-hydrogen) atoms. The van der Waals surface area contributed by atoms with Gasteiger partial charge in [0.05, 0.1) is 18.3 Å². The number of carbonyl (C=O) groups is 2. The fourth-order valence-electron chi connectivity index (χ4n) is 4.21. The van der Waals surface area contributed by atoms with E-state index in [2.05, 4.69) is 0 Å². The Labute approximate surface area is 185 Å². The van der Waals surface area contributed by atoms with Crippen molar-refractivity contribution in [2.75, 3.05) is 51.6 Å². The van der Waals surface area contributed by atoms with Crippen LogP contribution >= 0.6 is 0 Å². The summed E-state index contributed by atoms with van der Waals surface area (Å²) in [4.78, 5) is 28.2. The SMILES string of the molecule is CCOC(=O)N1CCN(C(=O)[C@@H]2CCCN(S(=O)(=O)CCCc3ccccc3)C2)CC1. The molecule has 9 heteroatoms. The molecule has 0 spiro atoms. The summed E-state index contributed by atoms with van der Waals surface area (Å²) < 4.78 is 32.2. The molecule has 8 nitrogen and oxygen atoms in total. The summed E-state index contributed by atoms with van der Waals surface area (Å²) >= 11 is 0. The smallest absolute Gasteiger partial charge is 0.409 e. The maximum absolute atomic E-state index is 13.0. The van der Waals surface area contributed by atoms with Crippen molar-refractivity contribution in [2.24, 2.45) is 5.92 Å². The molecule has 2 saturated heterocycles. The molecule has 172 valence electrons. The number of piperazine rings is 1. The molecule has 0 bridgehead atoms.